The third-order valence-corrected chi connectivity index (χ3v) is 9.06. The van der Waals surface area contributed by atoms with Gasteiger partial charge in [-0.2, -0.15) is 13.2 Å². The van der Waals surface area contributed by atoms with Crippen LogP contribution >= 0.6 is 0 Å². The summed E-state index contributed by atoms with van der Waals surface area (Å²) < 4.78 is 76.5. The van der Waals surface area contributed by atoms with Crippen LogP contribution in [0.3, 0.4) is 0 Å². The maximum absolute atomic E-state index is 14.2. The van der Waals surface area contributed by atoms with Gasteiger partial charge in [0, 0.05) is 44.0 Å². The van der Waals surface area contributed by atoms with Crippen molar-refractivity contribution in [3.05, 3.63) is 53.6 Å². The van der Waals surface area contributed by atoms with E-state index in [0.717, 1.165) is 36.9 Å². The second-order valence-electron chi connectivity index (χ2n) is 11.7. The molecule has 1 heterocycles. The van der Waals surface area contributed by atoms with Gasteiger partial charge in [0.25, 0.3) is 5.91 Å². The zero-order valence-corrected chi connectivity index (χ0v) is 27.5. The number of urea groups is 1. The quantitative estimate of drug-likeness (QED) is 0.375. The van der Waals surface area contributed by atoms with Gasteiger partial charge in [-0.05, 0) is 75.6 Å². The van der Waals surface area contributed by atoms with Gasteiger partial charge in [-0.1, -0.05) is 6.92 Å². The molecule has 0 saturated carbocycles. The van der Waals surface area contributed by atoms with Crippen molar-refractivity contribution < 1.29 is 45.8 Å². The van der Waals surface area contributed by atoms with E-state index in [2.05, 4.69) is 10.6 Å². The summed E-state index contributed by atoms with van der Waals surface area (Å²) in [5.74, 6) is -0.561. The number of likely N-dealkylation sites (N-methyl/N-ethyl adjacent to an activating group) is 1. The van der Waals surface area contributed by atoms with Crippen LogP contribution in [0.4, 0.5) is 29.3 Å². The molecule has 1 aliphatic rings. The summed E-state index contributed by atoms with van der Waals surface area (Å²) in [7, 11) is -2.02. The fraction of sp³-hybridized carbons (Fsp3) is 0.548. The Kier molecular flexibility index (Phi) is 12.8. The number of carbonyl (C=O) groups excluding carboxylic acids is 2. The van der Waals surface area contributed by atoms with Crippen molar-refractivity contribution in [2.45, 2.75) is 64.5 Å². The van der Waals surface area contributed by atoms with E-state index in [0.29, 0.717) is 19.4 Å². The maximum atomic E-state index is 14.2. The Hall–Kier alpha value is -3.40. The van der Waals surface area contributed by atoms with Crippen LogP contribution in [0.5, 0.6) is 5.75 Å². The number of nitrogens with one attached hydrogen (secondary N) is 2. The van der Waals surface area contributed by atoms with Crippen LogP contribution in [-0.2, 0) is 20.9 Å². The molecule has 3 amide bonds. The van der Waals surface area contributed by atoms with E-state index in [1.807, 2.05) is 13.8 Å². The first-order valence-electron chi connectivity index (χ1n) is 15.0. The fourth-order valence-electron chi connectivity index (χ4n) is 4.89. The second kappa shape index (κ2) is 15.9. The zero-order chi connectivity index (χ0) is 34.2. The molecule has 1 aliphatic heterocycles. The minimum absolute atomic E-state index is 0.0771. The average molecular weight is 673 g/mol. The normalized spacial score (nSPS) is 21.1. The summed E-state index contributed by atoms with van der Waals surface area (Å²) in [5, 5.41) is 15.1. The van der Waals surface area contributed by atoms with Crippen molar-refractivity contribution in [2.75, 3.05) is 50.2 Å². The maximum Gasteiger partial charge on any atom is 0.416 e. The van der Waals surface area contributed by atoms with Crippen LogP contribution in [0.25, 0.3) is 0 Å². The second-order valence-corrected chi connectivity index (χ2v) is 13.8. The highest BCUT2D eigenvalue weighted by molar-refractivity contribution is 7.88. The van der Waals surface area contributed by atoms with Crippen LogP contribution in [0.2, 0.25) is 0 Å². The van der Waals surface area contributed by atoms with E-state index in [1.54, 1.807) is 19.1 Å². The SMILES string of the molecule is C[C@@H]1CCCCO[C@@H](CN(C)S(C)(=O)=O)[C@H](C)CN([C@@H](C)CO)C(=O)c2cc(NC(=O)Nc3ccc(C(F)(F)F)cc3)ccc2O1. The Balaban J connectivity index is 1.92. The van der Waals surface area contributed by atoms with Crippen LogP contribution in [0.15, 0.2) is 42.5 Å². The van der Waals surface area contributed by atoms with Gasteiger partial charge in [0.1, 0.15) is 5.75 Å². The van der Waals surface area contributed by atoms with Gasteiger partial charge in [-0.3, -0.25) is 4.79 Å². The molecule has 46 heavy (non-hydrogen) atoms. The molecule has 2 aromatic carbocycles. The number of sulfonamides is 1. The Morgan fingerprint density at radius 1 is 1.11 bits per heavy atom. The van der Waals surface area contributed by atoms with Gasteiger partial charge in [-0.15, -0.1) is 0 Å². The molecular formula is C31H43F3N4O7S. The van der Waals surface area contributed by atoms with Gasteiger partial charge in [0.05, 0.1) is 42.2 Å². The number of halogens is 3. The molecule has 11 nitrogen and oxygen atoms in total. The predicted octanol–water partition coefficient (Wildman–Crippen LogP) is 5.04. The fourth-order valence-corrected chi connectivity index (χ4v) is 5.31. The van der Waals surface area contributed by atoms with Crippen molar-refractivity contribution in [1.29, 1.82) is 0 Å². The van der Waals surface area contributed by atoms with Crippen LogP contribution in [-0.4, -0.2) is 92.5 Å². The van der Waals surface area contributed by atoms with Crippen molar-refractivity contribution in [3.63, 3.8) is 0 Å². The first-order chi connectivity index (χ1) is 21.5. The Morgan fingerprint density at radius 3 is 2.35 bits per heavy atom. The van der Waals surface area contributed by atoms with Crippen LogP contribution in [0.1, 0.15) is 56.0 Å². The number of carbonyl (C=O) groups is 2. The first-order valence-corrected chi connectivity index (χ1v) is 16.8. The largest absolute Gasteiger partial charge is 0.490 e. The summed E-state index contributed by atoms with van der Waals surface area (Å²) in [6.07, 6.45) is -2.12. The first kappa shape index (κ1) is 37.1. The number of ether oxygens (including phenoxy) is 2. The summed E-state index contributed by atoms with van der Waals surface area (Å²) in [4.78, 5) is 28.4. The minimum atomic E-state index is -4.51. The number of amides is 3. The standard InChI is InChI=1S/C31H43F3N4O7S/c1-20-17-38(21(2)19-39)29(40)26-16-25(36-30(41)35-24-11-9-23(10-12-24)31(32,33)34)13-14-27(26)45-22(3)8-6-7-15-44-28(20)18-37(4)46(5,42)43/h9-14,16,20-22,28,39H,6-8,15,17-19H2,1-5H3,(H2,35,36,41)/t20-,21+,22-,28+/m1/s1. The topological polar surface area (TPSA) is 138 Å². The number of fused-ring (bicyclic) bond motifs is 1. The van der Waals surface area contributed by atoms with E-state index in [9.17, 15) is 36.3 Å². The molecule has 0 spiro atoms. The van der Waals surface area contributed by atoms with Crippen molar-refractivity contribution in [1.82, 2.24) is 9.21 Å². The van der Waals surface area contributed by atoms with Gasteiger partial charge >= 0.3 is 12.2 Å². The summed E-state index contributed by atoms with van der Waals surface area (Å²) >= 11 is 0. The van der Waals surface area contributed by atoms with Gasteiger partial charge < -0.3 is 30.1 Å². The molecule has 0 aliphatic carbocycles. The van der Waals surface area contributed by atoms with E-state index in [1.165, 1.54) is 22.3 Å². The third kappa shape index (κ3) is 10.6. The minimum Gasteiger partial charge on any atom is -0.490 e. The predicted molar refractivity (Wildman–Crippen MR) is 168 cm³/mol. The van der Waals surface area contributed by atoms with Crippen molar-refractivity contribution in [2.24, 2.45) is 5.92 Å². The molecule has 15 heteroatoms. The number of nitrogens with zero attached hydrogens (tertiary/aromatic N) is 2. The Labute approximate surface area is 268 Å². The smallest absolute Gasteiger partial charge is 0.416 e. The number of alkyl halides is 3. The zero-order valence-electron chi connectivity index (χ0n) is 26.6. The number of anilines is 2. The Morgan fingerprint density at radius 2 is 1.74 bits per heavy atom. The molecule has 4 atom stereocenters. The highest BCUT2D eigenvalue weighted by Crippen LogP contribution is 2.31. The van der Waals surface area contributed by atoms with E-state index >= 15 is 0 Å². The number of rotatable bonds is 7. The molecule has 0 aromatic heterocycles. The molecule has 3 rings (SSSR count). The molecule has 0 fully saturated rings. The van der Waals surface area contributed by atoms with E-state index in [4.69, 9.17) is 9.47 Å². The lowest BCUT2D eigenvalue weighted by molar-refractivity contribution is -0.137. The molecule has 0 bridgehead atoms. The van der Waals surface area contributed by atoms with Gasteiger partial charge in [-0.25, -0.2) is 17.5 Å². The number of aliphatic hydroxyl groups is 1. The number of hydrogen-bond acceptors (Lipinski definition) is 7. The number of aliphatic hydroxyl groups excluding tert-OH is 1. The third-order valence-electron chi connectivity index (χ3n) is 7.78. The molecule has 3 N–H and O–H groups in total. The van der Waals surface area contributed by atoms with E-state index in [-0.39, 0.29) is 54.4 Å². The Bertz CT molecular complexity index is 1440. The molecular weight excluding hydrogens is 629 g/mol. The van der Waals surface area contributed by atoms with Crippen molar-refractivity contribution in [3.8, 4) is 5.75 Å². The van der Waals surface area contributed by atoms with E-state index < -0.39 is 45.8 Å². The molecule has 0 saturated heterocycles. The lowest BCUT2D eigenvalue weighted by Crippen LogP contribution is -2.47. The number of hydrogen-bond donors (Lipinski definition) is 3. The van der Waals surface area contributed by atoms with Crippen LogP contribution in [0, 0.1) is 5.92 Å². The monoisotopic (exact) mass is 672 g/mol. The molecule has 0 unspecified atom stereocenters. The lowest BCUT2D eigenvalue weighted by Gasteiger charge is -2.35. The molecule has 0 radical (unpaired) electrons. The van der Waals surface area contributed by atoms with Gasteiger partial charge in [0.2, 0.25) is 10.0 Å². The van der Waals surface area contributed by atoms with Gasteiger partial charge in [0.15, 0.2) is 0 Å². The molecule has 256 valence electrons. The molecule has 2 aromatic rings. The highest BCUT2D eigenvalue weighted by atomic mass is 32.2. The average Bonchev–Trinajstić information content (AvgIpc) is 2.97. The summed E-state index contributed by atoms with van der Waals surface area (Å²) in [5.41, 5.74) is -0.384. The van der Waals surface area contributed by atoms with Crippen LogP contribution < -0.4 is 15.4 Å². The number of benzene rings is 2. The lowest BCUT2D eigenvalue weighted by atomic mass is 10.0. The van der Waals surface area contributed by atoms with Crippen molar-refractivity contribution >= 4 is 33.3 Å². The summed E-state index contributed by atoms with van der Waals surface area (Å²) in [6, 6.07) is 7.12. The summed E-state index contributed by atoms with van der Waals surface area (Å²) in [6.45, 7) is 5.62. The highest BCUT2D eigenvalue weighted by Gasteiger charge is 2.32.